The molecule has 4 heterocycles. The molecule has 0 atom stereocenters. The molecule has 1 aromatic carbocycles. The number of rotatable bonds is 6. The van der Waals surface area contributed by atoms with Gasteiger partial charge in [0, 0.05) is 43.2 Å². The maximum Gasteiger partial charge on any atom is 0.321 e. The predicted octanol–water partition coefficient (Wildman–Crippen LogP) is 5.10. The molecule has 12 heteroatoms. The van der Waals surface area contributed by atoms with E-state index >= 15 is 0 Å². The van der Waals surface area contributed by atoms with Gasteiger partial charge in [0.25, 0.3) is 0 Å². The number of hydrogen-bond donors (Lipinski definition) is 3. The van der Waals surface area contributed by atoms with Gasteiger partial charge in [-0.1, -0.05) is 11.3 Å². The summed E-state index contributed by atoms with van der Waals surface area (Å²) < 4.78 is 14.8. The Morgan fingerprint density at radius 1 is 1.13 bits per heavy atom. The van der Waals surface area contributed by atoms with Crippen molar-refractivity contribution in [2.75, 3.05) is 29.9 Å². The number of aryl methyl sites for hydroxylation is 1. The Labute approximate surface area is 228 Å². The number of benzene rings is 1. The van der Waals surface area contributed by atoms with Crippen LogP contribution in [-0.2, 0) is 4.79 Å². The normalized spacial score (nSPS) is 14.8. The van der Waals surface area contributed by atoms with E-state index < -0.39 is 11.4 Å². The molecule has 1 saturated heterocycles. The zero-order valence-electron chi connectivity index (χ0n) is 21.8. The smallest absolute Gasteiger partial charge is 0.321 e. The Hall–Kier alpha value is -4.19. The van der Waals surface area contributed by atoms with Crippen molar-refractivity contribution in [3.63, 3.8) is 0 Å². The third-order valence-corrected chi connectivity index (χ3v) is 8.00. The number of fused-ring (bicyclic) bond motifs is 1. The molecule has 2 amide bonds. The molecule has 1 aliphatic rings. The Morgan fingerprint density at radius 3 is 2.49 bits per heavy atom. The molecule has 0 aliphatic carbocycles. The summed E-state index contributed by atoms with van der Waals surface area (Å²) in [6, 6.07) is 6.49. The van der Waals surface area contributed by atoms with Gasteiger partial charge in [0.15, 0.2) is 5.13 Å². The van der Waals surface area contributed by atoms with Crippen LogP contribution in [0.5, 0.6) is 0 Å². The van der Waals surface area contributed by atoms with Crippen molar-refractivity contribution in [2.45, 2.75) is 33.6 Å². The fraction of sp³-hybridized carbons (Fsp3) is 0.333. The van der Waals surface area contributed by atoms with Gasteiger partial charge in [-0.05, 0) is 63.4 Å². The van der Waals surface area contributed by atoms with Gasteiger partial charge >= 0.3 is 12.0 Å². The van der Waals surface area contributed by atoms with Crippen LogP contribution in [0.3, 0.4) is 0 Å². The number of piperidine rings is 1. The lowest BCUT2D eigenvalue weighted by molar-refractivity contribution is -0.149. The van der Waals surface area contributed by atoms with Crippen molar-refractivity contribution in [2.24, 2.45) is 5.41 Å². The standard InChI is InChI=1S/C27H28FN7O3S/c1-4-29-25(38)34-26-33-21-12-16(11-18(22(21)39-26)20-6-5-19(28)15(2)32-20)17-13-30-24(31-14-17)35-9-7-27(3,8-10-35)23(36)37/h5-6,11-14H,4,7-10H2,1-3H3,(H,36,37)(H2,29,33,34,38). The molecular weight excluding hydrogens is 521 g/mol. The maximum absolute atomic E-state index is 14.0. The Kier molecular flexibility index (Phi) is 7.13. The molecule has 1 aliphatic heterocycles. The zero-order chi connectivity index (χ0) is 27.7. The lowest BCUT2D eigenvalue weighted by Gasteiger charge is -2.36. The quantitative estimate of drug-likeness (QED) is 0.303. The van der Waals surface area contributed by atoms with E-state index in [1.165, 1.54) is 17.4 Å². The van der Waals surface area contributed by atoms with Crippen molar-refractivity contribution in [3.8, 4) is 22.4 Å². The molecule has 39 heavy (non-hydrogen) atoms. The van der Waals surface area contributed by atoms with E-state index in [1.807, 2.05) is 24.0 Å². The number of carboxylic acids is 1. The van der Waals surface area contributed by atoms with Crippen LogP contribution < -0.4 is 15.5 Å². The lowest BCUT2D eigenvalue weighted by atomic mass is 9.80. The fourth-order valence-electron chi connectivity index (χ4n) is 4.49. The van der Waals surface area contributed by atoms with Gasteiger partial charge in [-0.25, -0.2) is 24.1 Å². The summed E-state index contributed by atoms with van der Waals surface area (Å²) in [5, 5.41) is 15.4. The van der Waals surface area contributed by atoms with Crippen LogP contribution in [0.15, 0.2) is 36.7 Å². The molecule has 0 bridgehead atoms. The van der Waals surface area contributed by atoms with Crippen LogP contribution in [0.2, 0.25) is 0 Å². The molecule has 5 rings (SSSR count). The van der Waals surface area contributed by atoms with Crippen molar-refractivity contribution in [1.82, 2.24) is 25.3 Å². The molecule has 1 fully saturated rings. The number of nitrogens with zero attached hydrogens (tertiary/aromatic N) is 5. The van der Waals surface area contributed by atoms with E-state index in [0.29, 0.717) is 54.8 Å². The number of amides is 2. The molecule has 202 valence electrons. The van der Waals surface area contributed by atoms with Gasteiger partial charge in [-0.2, -0.15) is 0 Å². The van der Waals surface area contributed by atoms with E-state index in [4.69, 9.17) is 0 Å². The summed E-state index contributed by atoms with van der Waals surface area (Å²) in [5.74, 6) is -0.619. The van der Waals surface area contributed by atoms with Crippen molar-refractivity contribution >= 4 is 44.6 Å². The second kappa shape index (κ2) is 10.5. The van der Waals surface area contributed by atoms with Gasteiger partial charge in [-0.3, -0.25) is 15.1 Å². The Morgan fingerprint density at radius 2 is 1.85 bits per heavy atom. The topological polar surface area (TPSA) is 133 Å². The summed E-state index contributed by atoms with van der Waals surface area (Å²) in [6.45, 7) is 6.83. The third-order valence-electron chi connectivity index (χ3n) is 6.98. The van der Waals surface area contributed by atoms with E-state index in [9.17, 15) is 19.1 Å². The van der Waals surface area contributed by atoms with Crippen molar-refractivity contribution in [1.29, 1.82) is 0 Å². The van der Waals surface area contributed by atoms with Gasteiger partial charge < -0.3 is 15.3 Å². The minimum atomic E-state index is -0.776. The number of aliphatic carboxylic acids is 1. The number of carboxylic acid groups (broad SMARTS) is 1. The first-order valence-corrected chi connectivity index (χ1v) is 13.4. The van der Waals surface area contributed by atoms with Crippen molar-refractivity contribution in [3.05, 3.63) is 48.2 Å². The average Bonchev–Trinajstić information content (AvgIpc) is 3.32. The zero-order valence-corrected chi connectivity index (χ0v) is 22.6. The predicted molar refractivity (Wildman–Crippen MR) is 148 cm³/mol. The SMILES string of the molecule is CCNC(=O)Nc1nc2cc(-c3cnc(N4CCC(C)(C(=O)O)CC4)nc3)cc(-c3ccc(F)c(C)n3)c2s1. The summed E-state index contributed by atoms with van der Waals surface area (Å²) in [4.78, 5) is 43.8. The number of pyridine rings is 1. The molecule has 0 radical (unpaired) electrons. The summed E-state index contributed by atoms with van der Waals surface area (Å²) >= 11 is 1.31. The Bertz CT molecular complexity index is 1550. The molecule has 0 unspecified atom stereocenters. The fourth-order valence-corrected chi connectivity index (χ4v) is 5.45. The monoisotopic (exact) mass is 549 g/mol. The number of urea groups is 1. The van der Waals surface area contributed by atoms with Crippen LogP contribution in [0.1, 0.15) is 32.4 Å². The van der Waals surface area contributed by atoms with Crippen LogP contribution in [0.4, 0.5) is 20.3 Å². The van der Waals surface area contributed by atoms with E-state index in [-0.39, 0.29) is 17.5 Å². The molecule has 10 nitrogen and oxygen atoms in total. The highest BCUT2D eigenvalue weighted by Gasteiger charge is 2.37. The molecule has 0 saturated carbocycles. The number of carbonyl (C=O) groups is 2. The number of hydrogen-bond acceptors (Lipinski definition) is 8. The number of carbonyl (C=O) groups excluding carboxylic acids is 1. The number of aromatic nitrogens is 4. The first kappa shape index (κ1) is 26.4. The largest absolute Gasteiger partial charge is 0.481 e. The van der Waals surface area contributed by atoms with Crippen molar-refractivity contribution < 1.29 is 19.1 Å². The molecule has 0 spiro atoms. The summed E-state index contributed by atoms with van der Waals surface area (Å²) in [6.07, 6.45) is 4.49. The number of anilines is 2. The van der Waals surface area contributed by atoms with Crippen LogP contribution >= 0.6 is 11.3 Å². The molecule has 3 N–H and O–H groups in total. The highest BCUT2D eigenvalue weighted by atomic mass is 32.1. The number of thiazole rings is 1. The van der Waals surface area contributed by atoms with Gasteiger partial charge in [0.2, 0.25) is 5.95 Å². The molecule has 4 aromatic rings. The first-order valence-electron chi connectivity index (χ1n) is 12.6. The van der Waals surface area contributed by atoms with Crippen LogP contribution in [-0.4, -0.2) is 56.7 Å². The minimum absolute atomic E-state index is 0.282. The number of nitrogens with one attached hydrogen (secondary N) is 2. The average molecular weight is 550 g/mol. The third kappa shape index (κ3) is 5.37. The van der Waals surface area contributed by atoms with E-state index in [1.54, 1.807) is 32.3 Å². The second-order valence-electron chi connectivity index (χ2n) is 9.76. The summed E-state index contributed by atoms with van der Waals surface area (Å²) in [7, 11) is 0. The van der Waals surface area contributed by atoms with Gasteiger partial charge in [0.1, 0.15) is 5.82 Å². The highest BCUT2D eigenvalue weighted by Crippen LogP contribution is 2.38. The highest BCUT2D eigenvalue weighted by molar-refractivity contribution is 7.22. The van der Waals surface area contributed by atoms with Crippen LogP contribution in [0.25, 0.3) is 32.6 Å². The Balaban J connectivity index is 1.49. The first-order chi connectivity index (χ1) is 18.7. The van der Waals surface area contributed by atoms with Crippen LogP contribution in [0, 0.1) is 18.2 Å². The van der Waals surface area contributed by atoms with Gasteiger partial charge in [-0.15, -0.1) is 0 Å². The van der Waals surface area contributed by atoms with E-state index in [2.05, 4.69) is 30.6 Å². The minimum Gasteiger partial charge on any atom is -0.481 e. The maximum atomic E-state index is 14.0. The van der Waals surface area contributed by atoms with Gasteiger partial charge in [0.05, 0.1) is 27.0 Å². The molecular formula is C27H28FN7O3S. The molecule has 3 aromatic heterocycles. The number of halogens is 1. The summed E-state index contributed by atoms with van der Waals surface area (Å²) in [5.41, 5.74) is 3.08. The van der Waals surface area contributed by atoms with E-state index in [0.717, 1.165) is 21.4 Å². The lowest BCUT2D eigenvalue weighted by Crippen LogP contribution is -2.43. The second-order valence-corrected chi connectivity index (χ2v) is 10.8.